The SMILES string of the molecule is c1ccc2cc3c(cc2c1)c1ccccc1n3-c1ccc2c(c1)oc1c3ccc(-n4c5ccccc5c5cc6ccccc6cc54)cc3sc21. The molecule has 0 aliphatic carbocycles. The minimum absolute atomic E-state index is 0.913. The van der Waals surface area contributed by atoms with Gasteiger partial charge in [-0.1, -0.05) is 84.9 Å². The van der Waals surface area contributed by atoms with Crippen LogP contribution in [0.25, 0.3) is 108 Å². The minimum Gasteiger partial charge on any atom is -0.454 e. The summed E-state index contributed by atoms with van der Waals surface area (Å²) in [5.74, 6) is 0. The van der Waals surface area contributed by atoms with E-state index in [-0.39, 0.29) is 0 Å². The number of nitrogens with zero attached hydrogens (tertiary/aromatic N) is 2. The maximum atomic E-state index is 6.75. The fraction of sp³-hybridized carbons (Fsp3) is 0. The van der Waals surface area contributed by atoms with E-state index in [0.717, 1.165) is 33.3 Å². The molecule has 3 nitrogen and oxygen atoms in total. The van der Waals surface area contributed by atoms with Crippen molar-refractivity contribution in [3.63, 3.8) is 0 Å². The van der Waals surface area contributed by atoms with Crippen molar-refractivity contribution < 1.29 is 4.42 Å². The molecule has 50 heavy (non-hydrogen) atoms. The van der Waals surface area contributed by atoms with Crippen molar-refractivity contribution in [3.05, 3.63) is 158 Å². The number of benzene rings is 8. The van der Waals surface area contributed by atoms with Crippen molar-refractivity contribution >= 4 is 108 Å². The van der Waals surface area contributed by atoms with E-state index in [2.05, 4.69) is 167 Å². The Morgan fingerprint density at radius 1 is 0.380 bits per heavy atom. The Balaban J connectivity index is 1.04. The summed E-state index contributed by atoms with van der Waals surface area (Å²) in [5.41, 5.74) is 8.98. The van der Waals surface area contributed by atoms with Crippen molar-refractivity contribution in [1.82, 2.24) is 9.13 Å². The van der Waals surface area contributed by atoms with Crippen LogP contribution < -0.4 is 0 Å². The van der Waals surface area contributed by atoms with E-state index in [9.17, 15) is 0 Å². The Hall–Kier alpha value is -6.36. The van der Waals surface area contributed by atoms with Crippen LogP contribution in [0.15, 0.2) is 162 Å². The first kappa shape index (κ1) is 26.6. The van der Waals surface area contributed by atoms with Crippen LogP contribution in [0, 0.1) is 0 Å². The maximum absolute atomic E-state index is 6.75. The average Bonchev–Trinajstić information content (AvgIpc) is 3.88. The number of hydrogen-bond acceptors (Lipinski definition) is 2. The van der Waals surface area contributed by atoms with Crippen LogP contribution in [-0.4, -0.2) is 9.13 Å². The van der Waals surface area contributed by atoms with E-state index in [1.807, 2.05) is 11.3 Å². The van der Waals surface area contributed by atoms with Crippen molar-refractivity contribution in [2.75, 3.05) is 0 Å². The third-order valence-corrected chi connectivity index (χ3v) is 11.8. The predicted octanol–water partition coefficient (Wildman–Crippen LogP) is 13.3. The van der Waals surface area contributed by atoms with Gasteiger partial charge < -0.3 is 13.6 Å². The molecule has 0 saturated carbocycles. The summed E-state index contributed by atoms with van der Waals surface area (Å²) >= 11 is 1.82. The molecule has 4 heteroatoms. The van der Waals surface area contributed by atoms with Crippen LogP contribution in [0.3, 0.4) is 0 Å². The molecule has 0 atom stereocenters. The van der Waals surface area contributed by atoms with E-state index in [4.69, 9.17) is 4.42 Å². The summed E-state index contributed by atoms with van der Waals surface area (Å²) in [6, 6.07) is 57.5. The monoisotopic (exact) mass is 654 g/mol. The molecule has 0 unspecified atom stereocenters. The summed E-state index contributed by atoms with van der Waals surface area (Å²) in [4.78, 5) is 0. The average molecular weight is 655 g/mol. The molecule has 232 valence electrons. The molecule has 0 N–H and O–H groups in total. The molecule has 0 radical (unpaired) electrons. The fourth-order valence-electron chi connectivity index (χ4n) is 8.38. The Morgan fingerprint density at radius 2 is 0.880 bits per heavy atom. The summed E-state index contributed by atoms with van der Waals surface area (Å²) in [6.45, 7) is 0. The highest BCUT2D eigenvalue weighted by molar-refractivity contribution is 7.26. The van der Waals surface area contributed by atoms with Gasteiger partial charge >= 0.3 is 0 Å². The molecule has 0 fully saturated rings. The zero-order valence-corrected chi connectivity index (χ0v) is 27.5. The number of fused-ring (bicyclic) bond motifs is 13. The van der Waals surface area contributed by atoms with Crippen molar-refractivity contribution in [3.8, 4) is 11.4 Å². The summed E-state index contributed by atoms with van der Waals surface area (Å²) in [7, 11) is 0. The maximum Gasteiger partial charge on any atom is 0.154 e. The van der Waals surface area contributed by atoms with Crippen molar-refractivity contribution in [2.45, 2.75) is 0 Å². The van der Waals surface area contributed by atoms with Crippen molar-refractivity contribution in [2.24, 2.45) is 0 Å². The minimum atomic E-state index is 0.913. The molecule has 0 amide bonds. The molecule has 12 aromatic rings. The molecule has 0 aliphatic rings. The normalized spacial score (nSPS) is 12.4. The van der Waals surface area contributed by atoms with Crippen LogP contribution in [-0.2, 0) is 0 Å². The number of thiophene rings is 1. The van der Waals surface area contributed by atoms with Gasteiger partial charge in [0.05, 0.1) is 26.8 Å². The first-order valence-electron chi connectivity index (χ1n) is 17.0. The van der Waals surface area contributed by atoms with Crippen LogP contribution in [0.2, 0.25) is 0 Å². The zero-order chi connectivity index (χ0) is 32.5. The summed E-state index contributed by atoms with van der Waals surface area (Å²) in [5, 5.41) is 12.4. The highest BCUT2D eigenvalue weighted by Gasteiger charge is 2.19. The third-order valence-electron chi connectivity index (χ3n) is 10.6. The van der Waals surface area contributed by atoms with Crippen LogP contribution in [0.5, 0.6) is 0 Å². The Kier molecular flexibility index (Phi) is 5.12. The second kappa shape index (κ2) is 9.63. The number of para-hydroxylation sites is 2. The van der Waals surface area contributed by atoms with Gasteiger partial charge in [0.25, 0.3) is 0 Å². The van der Waals surface area contributed by atoms with Gasteiger partial charge in [0.1, 0.15) is 5.58 Å². The Morgan fingerprint density at radius 3 is 1.48 bits per heavy atom. The molecular formula is C46H26N2OS. The lowest BCUT2D eigenvalue weighted by molar-refractivity contribution is 0.673. The van der Waals surface area contributed by atoms with Crippen LogP contribution >= 0.6 is 11.3 Å². The van der Waals surface area contributed by atoms with Crippen molar-refractivity contribution in [1.29, 1.82) is 0 Å². The lowest BCUT2D eigenvalue weighted by Gasteiger charge is -2.09. The van der Waals surface area contributed by atoms with Gasteiger partial charge in [0.2, 0.25) is 0 Å². The van der Waals surface area contributed by atoms with Gasteiger partial charge in [-0.15, -0.1) is 11.3 Å². The molecule has 0 spiro atoms. The van der Waals surface area contributed by atoms with E-state index in [1.54, 1.807) is 0 Å². The molecule has 4 aromatic heterocycles. The lowest BCUT2D eigenvalue weighted by atomic mass is 10.1. The number of aromatic nitrogens is 2. The second-order valence-corrected chi connectivity index (χ2v) is 14.4. The smallest absolute Gasteiger partial charge is 0.154 e. The first-order chi connectivity index (χ1) is 24.8. The molecule has 0 saturated heterocycles. The quantitative estimate of drug-likeness (QED) is 0.182. The van der Waals surface area contributed by atoms with E-state index in [1.165, 1.54) is 74.6 Å². The number of furan rings is 1. The van der Waals surface area contributed by atoms with Crippen LogP contribution in [0.1, 0.15) is 0 Å². The molecular weight excluding hydrogens is 629 g/mol. The van der Waals surface area contributed by atoms with Gasteiger partial charge in [-0.2, -0.15) is 0 Å². The highest BCUT2D eigenvalue weighted by atomic mass is 32.1. The van der Waals surface area contributed by atoms with Crippen LogP contribution in [0.4, 0.5) is 0 Å². The fourth-order valence-corrected chi connectivity index (χ4v) is 9.57. The van der Waals surface area contributed by atoms with Gasteiger partial charge in [-0.05, 0) is 88.3 Å². The Bertz CT molecular complexity index is 3160. The van der Waals surface area contributed by atoms with Gasteiger partial charge in [0.15, 0.2) is 5.58 Å². The van der Waals surface area contributed by atoms with Gasteiger partial charge in [0, 0.05) is 54.5 Å². The lowest BCUT2D eigenvalue weighted by Crippen LogP contribution is -1.93. The largest absolute Gasteiger partial charge is 0.454 e. The summed E-state index contributed by atoms with van der Waals surface area (Å²) < 4.78 is 14.0. The predicted molar refractivity (Wildman–Crippen MR) is 213 cm³/mol. The van der Waals surface area contributed by atoms with E-state index < -0.39 is 0 Å². The molecule has 0 aliphatic heterocycles. The molecule has 12 rings (SSSR count). The summed E-state index contributed by atoms with van der Waals surface area (Å²) in [6.07, 6.45) is 0. The topological polar surface area (TPSA) is 23.0 Å². The third kappa shape index (κ3) is 3.53. The number of rotatable bonds is 2. The molecule has 0 bridgehead atoms. The zero-order valence-electron chi connectivity index (χ0n) is 26.7. The highest BCUT2D eigenvalue weighted by Crippen LogP contribution is 2.44. The van der Waals surface area contributed by atoms with Gasteiger partial charge in [-0.3, -0.25) is 0 Å². The number of hydrogen-bond donors (Lipinski definition) is 0. The van der Waals surface area contributed by atoms with Gasteiger partial charge in [-0.25, -0.2) is 0 Å². The van der Waals surface area contributed by atoms with E-state index in [0.29, 0.717) is 0 Å². The first-order valence-corrected chi connectivity index (χ1v) is 17.8. The second-order valence-electron chi connectivity index (χ2n) is 13.4. The molecule has 8 aromatic carbocycles. The standard InChI is InChI=1S/C46H26N2OS/c1-3-11-29-23-41-37(21-27(29)9-1)33-13-5-7-15-39(33)47(41)31-17-19-35-43(25-31)49-45-36-20-18-32(26-44(36)50-46(35)45)48-40-16-8-6-14-34(40)38-22-28-10-2-4-12-30(28)24-42(38)48/h1-26H. The molecule has 4 heterocycles. The van der Waals surface area contributed by atoms with E-state index >= 15 is 0 Å². The Labute approximate surface area is 289 Å².